The maximum absolute atomic E-state index is 6.18. The van der Waals surface area contributed by atoms with Crippen LogP contribution in [0.2, 0.25) is 5.02 Å². The number of hydrogen-bond donors (Lipinski definition) is 1. The van der Waals surface area contributed by atoms with E-state index in [0.29, 0.717) is 0 Å². The van der Waals surface area contributed by atoms with Crippen molar-refractivity contribution in [3.05, 3.63) is 23.5 Å². The summed E-state index contributed by atoms with van der Waals surface area (Å²) >= 11 is 6.18. The summed E-state index contributed by atoms with van der Waals surface area (Å²) in [5.74, 6) is 0.813. The smallest absolute Gasteiger partial charge is 0.0822 e. The maximum Gasteiger partial charge on any atom is 0.0822 e. The van der Waals surface area contributed by atoms with E-state index in [0.717, 1.165) is 42.8 Å². The van der Waals surface area contributed by atoms with Crippen LogP contribution in [-0.4, -0.2) is 31.2 Å². The second-order valence-corrected chi connectivity index (χ2v) is 5.37. The molecule has 0 amide bonds. The predicted octanol–water partition coefficient (Wildman–Crippen LogP) is 2.95. The zero-order valence-corrected chi connectivity index (χ0v) is 11.8. The summed E-state index contributed by atoms with van der Waals surface area (Å²) in [4.78, 5) is 6.41. The van der Waals surface area contributed by atoms with E-state index in [2.05, 4.69) is 22.1 Å². The van der Waals surface area contributed by atoms with Gasteiger partial charge >= 0.3 is 0 Å². The van der Waals surface area contributed by atoms with Gasteiger partial charge < -0.3 is 10.2 Å². The predicted molar refractivity (Wildman–Crippen MR) is 77.3 cm³/mol. The first-order valence-corrected chi connectivity index (χ1v) is 7.24. The molecule has 100 valence electrons. The van der Waals surface area contributed by atoms with Crippen LogP contribution in [0.5, 0.6) is 0 Å². The van der Waals surface area contributed by atoms with E-state index >= 15 is 0 Å². The Bertz CT molecular complexity index is 362. The van der Waals surface area contributed by atoms with Crippen LogP contribution in [0.1, 0.15) is 26.2 Å². The molecule has 0 saturated carbocycles. The van der Waals surface area contributed by atoms with E-state index in [-0.39, 0.29) is 0 Å². The second kappa shape index (κ2) is 6.95. The third-order valence-corrected chi connectivity index (χ3v) is 3.86. The molecule has 1 aliphatic rings. The van der Waals surface area contributed by atoms with Gasteiger partial charge in [-0.05, 0) is 44.3 Å². The van der Waals surface area contributed by atoms with Gasteiger partial charge in [-0.2, -0.15) is 0 Å². The van der Waals surface area contributed by atoms with Gasteiger partial charge in [-0.1, -0.05) is 18.5 Å². The number of anilines is 1. The second-order valence-electron chi connectivity index (χ2n) is 4.96. The van der Waals surface area contributed by atoms with Crippen molar-refractivity contribution in [1.29, 1.82) is 0 Å². The molecule has 18 heavy (non-hydrogen) atoms. The summed E-state index contributed by atoms with van der Waals surface area (Å²) in [5, 5.41) is 4.28. The molecule has 1 aliphatic heterocycles. The molecule has 1 aromatic heterocycles. The largest absolute Gasteiger partial charge is 0.370 e. The van der Waals surface area contributed by atoms with Gasteiger partial charge in [0.1, 0.15) is 0 Å². The Morgan fingerprint density at radius 1 is 1.44 bits per heavy atom. The quantitative estimate of drug-likeness (QED) is 0.832. The topological polar surface area (TPSA) is 28.2 Å². The third-order valence-electron chi connectivity index (χ3n) is 3.57. The zero-order chi connectivity index (χ0) is 12.8. The average Bonchev–Trinajstić information content (AvgIpc) is 2.41. The van der Waals surface area contributed by atoms with Gasteiger partial charge in [0.25, 0.3) is 0 Å². The van der Waals surface area contributed by atoms with Crippen molar-refractivity contribution < 1.29 is 0 Å². The van der Waals surface area contributed by atoms with Crippen LogP contribution in [0.3, 0.4) is 0 Å². The molecule has 0 spiro atoms. The molecule has 0 unspecified atom stereocenters. The summed E-state index contributed by atoms with van der Waals surface area (Å²) in [5.41, 5.74) is 1.13. The Kier molecular flexibility index (Phi) is 5.26. The van der Waals surface area contributed by atoms with Gasteiger partial charge in [-0.25, -0.2) is 0 Å². The highest BCUT2D eigenvalue weighted by molar-refractivity contribution is 6.33. The first kappa shape index (κ1) is 13.6. The molecule has 4 heteroatoms. The fourth-order valence-corrected chi connectivity index (χ4v) is 2.72. The first-order valence-electron chi connectivity index (χ1n) is 6.86. The number of hydrogen-bond acceptors (Lipinski definition) is 3. The van der Waals surface area contributed by atoms with Crippen molar-refractivity contribution >= 4 is 17.3 Å². The number of nitrogens with one attached hydrogen (secondary N) is 1. The molecule has 3 nitrogen and oxygen atoms in total. The standard InChI is InChI=1S/C14H22ClN3/c1-2-6-16-10-12-4-8-18(9-5-12)14-3-7-17-11-13(14)15/h3,7,11-12,16H,2,4-6,8-10H2,1H3. The highest BCUT2D eigenvalue weighted by Gasteiger charge is 2.20. The highest BCUT2D eigenvalue weighted by Crippen LogP contribution is 2.28. The Morgan fingerprint density at radius 3 is 2.89 bits per heavy atom. The SMILES string of the molecule is CCCNCC1CCN(c2ccncc2Cl)CC1. The third kappa shape index (κ3) is 3.59. The molecule has 0 radical (unpaired) electrons. The molecule has 1 saturated heterocycles. The normalized spacial score (nSPS) is 17.1. The van der Waals surface area contributed by atoms with Crippen molar-refractivity contribution in [3.63, 3.8) is 0 Å². The molecular formula is C14H22ClN3. The van der Waals surface area contributed by atoms with E-state index in [9.17, 15) is 0 Å². The number of halogens is 1. The average molecular weight is 268 g/mol. The minimum atomic E-state index is 0.764. The van der Waals surface area contributed by atoms with Gasteiger partial charge in [0.15, 0.2) is 0 Å². The molecule has 0 bridgehead atoms. The number of nitrogens with zero attached hydrogens (tertiary/aromatic N) is 2. The summed E-state index contributed by atoms with van der Waals surface area (Å²) in [6.45, 7) is 6.70. The minimum Gasteiger partial charge on any atom is -0.370 e. The summed E-state index contributed by atoms with van der Waals surface area (Å²) < 4.78 is 0. The Balaban J connectivity index is 1.81. The van der Waals surface area contributed by atoms with Crippen molar-refractivity contribution in [3.8, 4) is 0 Å². The van der Waals surface area contributed by atoms with E-state index in [1.54, 1.807) is 6.20 Å². The van der Waals surface area contributed by atoms with Gasteiger partial charge in [0.05, 0.1) is 10.7 Å². The Hall–Kier alpha value is -0.800. The van der Waals surface area contributed by atoms with E-state index in [1.165, 1.54) is 19.3 Å². The molecular weight excluding hydrogens is 246 g/mol. The number of aromatic nitrogens is 1. The minimum absolute atomic E-state index is 0.764. The monoisotopic (exact) mass is 267 g/mol. The van der Waals surface area contributed by atoms with E-state index < -0.39 is 0 Å². The van der Waals surface area contributed by atoms with Crippen molar-refractivity contribution in [1.82, 2.24) is 10.3 Å². The van der Waals surface area contributed by atoms with E-state index in [1.807, 2.05) is 12.3 Å². The van der Waals surface area contributed by atoms with Crippen LogP contribution >= 0.6 is 11.6 Å². The van der Waals surface area contributed by atoms with Gasteiger partial charge in [0, 0.05) is 25.5 Å². The number of pyridine rings is 1. The molecule has 0 aromatic carbocycles. The Labute approximate surface area is 115 Å². The van der Waals surface area contributed by atoms with Crippen LogP contribution < -0.4 is 10.2 Å². The van der Waals surface area contributed by atoms with Crippen molar-refractivity contribution in [2.45, 2.75) is 26.2 Å². The lowest BCUT2D eigenvalue weighted by Crippen LogP contribution is -2.37. The summed E-state index contributed by atoms with van der Waals surface area (Å²) in [7, 11) is 0. The molecule has 1 aromatic rings. The fourth-order valence-electron chi connectivity index (χ4n) is 2.49. The van der Waals surface area contributed by atoms with Crippen molar-refractivity contribution in [2.24, 2.45) is 5.92 Å². The maximum atomic E-state index is 6.18. The van der Waals surface area contributed by atoms with Crippen LogP contribution in [0.25, 0.3) is 0 Å². The molecule has 2 rings (SSSR count). The van der Waals surface area contributed by atoms with Crippen LogP contribution in [0.15, 0.2) is 18.5 Å². The van der Waals surface area contributed by atoms with Gasteiger partial charge in [-0.15, -0.1) is 0 Å². The molecule has 2 heterocycles. The van der Waals surface area contributed by atoms with Crippen LogP contribution in [0.4, 0.5) is 5.69 Å². The fraction of sp³-hybridized carbons (Fsp3) is 0.643. The Morgan fingerprint density at radius 2 is 2.22 bits per heavy atom. The lowest BCUT2D eigenvalue weighted by atomic mass is 9.96. The zero-order valence-electron chi connectivity index (χ0n) is 11.0. The molecule has 0 atom stereocenters. The molecule has 1 fully saturated rings. The number of piperidine rings is 1. The van der Waals surface area contributed by atoms with Crippen LogP contribution in [0, 0.1) is 5.92 Å². The van der Waals surface area contributed by atoms with Gasteiger partial charge in [0.2, 0.25) is 0 Å². The van der Waals surface area contributed by atoms with Crippen LogP contribution in [-0.2, 0) is 0 Å². The molecule has 1 N–H and O–H groups in total. The molecule has 0 aliphatic carbocycles. The van der Waals surface area contributed by atoms with Crippen molar-refractivity contribution in [2.75, 3.05) is 31.1 Å². The number of rotatable bonds is 5. The summed E-state index contributed by atoms with van der Waals surface area (Å²) in [6.07, 6.45) is 7.25. The summed E-state index contributed by atoms with van der Waals surface area (Å²) in [6, 6.07) is 2.01. The van der Waals surface area contributed by atoms with E-state index in [4.69, 9.17) is 11.6 Å². The lowest BCUT2D eigenvalue weighted by Gasteiger charge is -2.34. The highest BCUT2D eigenvalue weighted by atomic mass is 35.5. The van der Waals surface area contributed by atoms with Gasteiger partial charge in [-0.3, -0.25) is 4.98 Å². The lowest BCUT2D eigenvalue weighted by molar-refractivity contribution is 0.383. The first-order chi connectivity index (χ1) is 8.81.